The molecule has 0 amide bonds. The second-order valence-electron chi connectivity index (χ2n) is 4.23. The molecular formula is C10H13BrN4O. The molecule has 0 atom stereocenters. The average molecular weight is 285 g/mol. The number of nitrogens with one attached hydrogen (secondary N) is 1. The van der Waals surface area contributed by atoms with E-state index in [2.05, 4.69) is 31.3 Å². The first-order valence-electron chi connectivity index (χ1n) is 4.92. The fourth-order valence-electron chi connectivity index (χ4n) is 1.27. The summed E-state index contributed by atoms with van der Waals surface area (Å²) in [5.41, 5.74) is 0.316. The Hall–Kier alpha value is -1.14. The molecule has 2 aromatic heterocycles. The van der Waals surface area contributed by atoms with Gasteiger partial charge < -0.3 is 10.4 Å². The van der Waals surface area contributed by atoms with Gasteiger partial charge in [-0.05, 0) is 41.9 Å². The molecule has 0 fully saturated rings. The molecule has 86 valence electrons. The molecule has 0 aromatic carbocycles. The van der Waals surface area contributed by atoms with Gasteiger partial charge in [0.05, 0.1) is 16.6 Å². The molecule has 2 rings (SSSR count). The van der Waals surface area contributed by atoms with E-state index in [9.17, 15) is 0 Å². The highest BCUT2D eigenvalue weighted by atomic mass is 79.9. The summed E-state index contributed by atoms with van der Waals surface area (Å²) >= 11 is 3.41. The SMILES string of the molecule is CC(C)(CO)Nc1nc2c(Br)cccn2n1. The van der Waals surface area contributed by atoms with Crippen LogP contribution in [0.15, 0.2) is 22.8 Å². The minimum absolute atomic E-state index is 0.0176. The maximum Gasteiger partial charge on any atom is 0.243 e. The quantitative estimate of drug-likeness (QED) is 0.900. The molecule has 0 aliphatic rings. The van der Waals surface area contributed by atoms with Crippen molar-refractivity contribution >= 4 is 27.5 Å². The lowest BCUT2D eigenvalue weighted by Gasteiger charge is -2.21. The molecule has 2 aromatic rings. The largest absolute Gasteiger partial charge is 0.394 e. The number of pyridine rings is 1. The molecule has 0 radical (unpaired) electrons. The van der Waals surface area contributed by atoms with Crippen LogP contribution in [0.2, 0.25) is 0 Å². The summed E-state index contributed by atoms with van der Waals surface area (Å²) in [5.74, 6) is 0.506. The standard InChI is InChI=1S/C10H13BrN4O/c1-10(2,6-16)13-9-12-8-7(11)4-3-5-15(8)14-9/h3-5,16H,6H2,1-2H3,(H,13,14). The highest BCUT2D eigenvalue weighted by molar-refractivity contribution is 9.10. The van der Waals surface area contributed by atoms with Gasteiger partial charge >= 0.3 is 0 Å². The van der Waals surface area contributed by atoms with E-state index in [1.807, 2.05) is 32.2 Å². The zero-order chi connectivity index (χ0) is 11.8. The van der Waals surface area contributed by atoms with Gasteiger partial charge in [-0.15, -0.1) is 5.10 Å². The van der Waals surface area contributed by atoms with E-state index in [4.69, 9.17) is 5.11 Å². The predicted molar refractivity (Wildman–Crippen MR) is 65.5 cm³/mol. The van der Waals surface area contributed by atoms with Crippen LogP contribution in [-0.2, 0) is 0 Å². The Morgan fingerprint density at radius 2 is 2.31 bits per heavy atom. The van der Waals surface area contributed by atoms with E-state index in [-0.39, 0.29) is 6.61 Å². The summed E-state index contributed by atoms with van der Waals surface area (Å²) in [5, 5.41) is 16.5. The molecule has 0 spiro atoms. The molecule has 0 aliphatic heterocycles. The molecule has 2 heterocycles. The zero-order valence-corrected chi connectivity index (χ0v) is 10.7. The van der Waals surface area contributed by atoms with Gasteiger partial charge in [-0.3, -0.25) is 0 Å². The van der Waals surface area contributed by atoms with Crippen LogP contribution in [0.25, 0.3) is 5.65 Å². The number of hydrogen-bond acceptors (Lipinski definition) is 4. The van der Waals surface area contributed by atoms with Crippen molar-refractivity contribution in [1.29, 1.82) is 0 Å². The van der Waals surface area contributed by atoms with Crippen molar-refractivity contribution in [2.45, 2.75) is 19.4 Å². The number of aliphatic hydroxyl groups is 1. The summed E-state index contributed by atoms with van der Waals surface area (Å²) in [7, 11) is 0. The summed E-state index contributed by atoms with van der Waals surface area (Å²) in [6, 6.07) is 3.79. The van der Waals surface area contributed by atoms with Gasteiger partial charge in [0.2, 0.25) is 5.95 Å². The van der Waals surface area contributed by atoms with Gasteiger partial charge in [0, 0.05) is 6.20 Å². The summed E-state index contributed by atoms with van der Waals surface area (Å²) < 4.78 is 2.57. The Balaban J connectivity index is 2.37. The Morgan fingerprint density at radius 3 is 2.94 bits per heavy atom. The number of aromatic nitrogens is 3. The fraction of sp³-hybridized carbons (Fsp3) is 0.400. The summed E-state index contributed by atoms with van der Waals surface area (Å²) in [4.78, 5) is 4.33. The predicted octanol–water partition coefficient (Wildman–Crippen LogP) is 1.67. The molecule has 5 nitrogen and oxygen atoms in total. The van der Waals surface area contributed by atoms with Gasteiger partial charge in [-0.2, -0.15) is 4.98 Å². The third-order valence-electron chi connectivity index (χ3n) is 2.16. The van der Waals surface area contributed by atoms with Crippen LogP contribution in [0.3, 0.4) is 0 Å². The highest BCUT2D eigenvalue weighted by Gasteiger charge is 2.18. The first-order chi connectivity index (χ1) is 7.52. The maximum atomic E-state index is 9.15. The lowest BCUT2D eigenvalue weighted by atomic mass is 10.1. The van der Waals surface area contributed by atoms with E-state index >= 15 is 0 Å². The molecule has 0 saturated carbocycles. The summed E-state index contributed by atoms with van der Waals surface area (Å²) in [6.45, 7) is 3.78. The van der Waals surface area contributed by atoms with Gasteiger partial charge in [-0.25, -0.2) is 4.52 Å². The maximum absolute atomic E-state index is 9.15. The number of nitrogens with zero attached hydrogens (tertiary/aromatic N) is 3. The molecule has 16 heavy (non-hydrogen) atoms. The zero-order valence-electron chi connectivity index (χ0n) is 9.11. The van der Waals surface area contributed by atoms with Crippen molar-refractivity contribution in [1.82, 2.24) is 14.6 Å². The highest BCUT2D eigenvalue weighted by Crippen LogP contribution is 2.18. The second kappa shape index (κ2) is 4.03. The van der Waals surface area contributed by atoms with Crippen LogP contribution >= 0.6 is 15.9 Å². The van der Waals surface area contributed by atoms with Crippen LogP contribution in [0.1, 0.15) is 13.8 Å². The number of aliphatic hydroxyl groups excluding tert-OH is 1. The van der Waals surface area contributed by atoms with Gasteiger partial charge in [0.1, 0.15) is 0 Å². The number of hydrogen-bond donors (Lipinski definition) is 2. The van der Waals surface area contributed by atoms with E-state index in [0.29, 0.717) is 5.95 Å². The van der Waals surface area contributed by atoms with Crippen molar-refractivity contribution < 1.29 is 5.11 Å². The molecular weight excluding hydrogens is 272 g/mol. The molecule has 0 unspecified atom stereocenters. The summed E-state index contributed by atoms with van der Waals surface area (Å²) in [6.07, 6.45) is 1.82. The topological polar surface area (TPSA) is 62.5 Å². The Labute approximate surface area is 102 Å². The lowest BCUT2D eigenvalue weighted by Crippen LogP contribution is -2.35. The van der Waals surface area contributed by atoms with Crippen molar-refractivity contribution in [3.8, 4) is 0 Å². The lowest BCUT2D eigenvalue weighted by molar-refractivity contribution is 0.233. The smallest absolute Gasteiger partial charge is 0.243 e. The fourth-order valence-corrected chi connectivity index (χ4v) is 1.69. The van der Waals surface area contributed by atoms with E-state index in [1.54, 1.807) is 4.52 Å². The minimum atomic E-state index is -0.433. The van der Waals surface area contributed by atoms with E-state index in [0.717, 1.165) is 10.1 Å². The van der Waals surface area contributed by atoms with Crippen LogP contribution in [0.4, 0.5) is 5.95 Å². The number of fused-ring (bicyclic) bond motifs is 1. The molecule has 2 N–H and O–H groups in total. The minimum Gasteiger partial charge on any atom is -0.394 e. The molecule has 0 saturated heterocycles. The van der Waals surface area contributed by atoms with Crippen molar-refractivity contribution in [2.24, 2.45) is 0 Å². The van der Waals surface area contributed by atoms with E-state index in [1.165, 1.54) is 0 Å². The first kappa shape index (κ1) is 11.3. The van der Waals surface area contributed by atoms with Crippen LogP contribution in [0.5, 0.6) is 0 Å². The average Bonchev–Trinajstić information content (AvgIpc) is 2.61. The Kier molecular flexibility index (Phi) is 2.86. The van der Waals surface area contributed by atoms with Gasteiger partial charge in [0.15, 0.2) is 5.65 Å². The normalized spacial score (nSPS) is 12.0. The third-order valence-corrected chi connectivity index (χ3v) is 2.78. The third kappa shape index (κ3) is 2.17. The van der Waals surface area contributed by atoms with Gasteiger partial charge in [-0.1, -0.05) is 0 Å². The van der Waals surface area contributed by atoms with Crippen LogP contribution in [-0.4, -0.2) is 31.9 Å². The number of halogens is 1. The molecule has 0 bridgehead atoms. The molecule has 6 heteroatoms. The van der Waals surface area contributed by atoms with Gasteiger partial charge in [0.25, 0.3) is 0 Å². The van der Waals surface area contributed by atoms with Crippen LogP contribution < -0.4 is 5.32 Å². The number of rotatable bonds is 3. The monoisotopic (exact) mass is 284 g/mol. The van der Waals surface area contributed by atoms with E-state index < -0.39 is 5.54 Å². The Bertz CT molecular complexity index is 508. The first-order valence-corrected chi connectivity index (χ1v) is 5.71. The van der Waals surface area contributed by atoms with Crippen molar-refractivity contribution in [3.63, 3.8) is 0 Å². The van der Waals surface area contributed by atoms with Crippen molar-refractivity contribution in [2.75, 3.05) is 11.9 Å². The molecule has 0 aliphatic carbocycles. The second-order valence-corrected chi connectivity index (χ2v) is 5.08. The Morgan fingerprint density at radius 1 is 1.56 bits per heavy atom. The van der Waals surface area contributed by atoms with Crippen LogP contribution in [0, 0.1) is 0 Å². The van der Waals surface area contributed by atoms with Crippen molar-refractivity contribution in [3.05, 3.63) is 22.8 Å². The number of anilines is 1.